The zero-order chi connectivity index (χ0) is 60.4. The molecule has 0 aromatic heterocycles. The molecule has 0 unspecified atom stereocenters. The lowest BCUT2D eigenvalue weighted by atomic mass is 9.81. The van der Waals surface area contributed by atoms with E-state index in [9.17, 15) is 0 Å². The number of hydrogen-bond acceptors (Lipinski definition) is 19. The molecule has 0 N–H and O–H groups in total. The molecule has 2 aliphatic heterocycles. The third-order valence-corrected chi connectivity index (χ3v) is 13.4. The number of nitrogens with zero attached hydrogens (tertiary/aromatic N) is 2. The molecule has 2 aromatic rings. The number of methoxy groups -OCH3 is 1. The number of ether oxygens (including phenoxy) is 18. The molecule has 2 heterocycles. The average Bonchev–Trinajstić information content (AvgIpc) is 1.98. The summed E-state index contributed by atoms with van der Waals surface area (Å²) >= 11 is 0. The minimum atomic E-state index is -0.183. The van der Waals surface area contributed by atoms with Gasteiger partial charge >= 0.3 is 0 Å². The Labute approximate surface area is 508 Å². The molecule has 0 saturated heterocycles. The molecular weight excluding hydrogens is 1100 g/mol. The van der Waals surface area contributed by atoms with Crippen molar-refractivity contribution in [3.05, 3.63) is 95.7 Å². The second kappa shape index (κ2) is 48.9. The third kappa shape index (κ3) is 31.6. The molecule has 0 radical (unpaired) electrons. The number of hydrogen-bond donors (Lipinski definition) is 0. The van der Waals surface area contributed by atoms with E-state index in [1.165, 1.54) is 33.9 Å². The number of terminal acetylenes is 1. The normalized spacial score (nSPS) is 14.9. The Hall–Kier alpha value is -4.03. The van der Waals surface area contributed by atoms with Crippen molar-refractivity contribution in [3.8, 4) is 12.3 Å². The zero-order valence-corrected chi connectivity index (χ0v) is 52.0. The number of para-hydroxylation sites is 2. The van der Waals surface area contributed by atoms with Crippen molar-refractivity contribution in [2.24, 2.45) is 0 Å². The van der Waals surface area contributed by atoms with Gasteiger partial charge in [0.15, 0.2) is 12.3 Å². The molecule has 0 atom stereocenters. The molecule has 85 heavy (non-hydrogen) atoms. The van der Waals surface area contributed by atoms with Gasteiger partial charge in [0.05, 0.1) is 223 Å². The maximum Gasteiger partial charge on any atom is 0.209 e. The Morgan fingerprint density at radius 1 is 0.400 bits per heavy atom. The van der Waals surface area contributed by atoms with Gasteiger partial charge in [-0.3, -0.25) is 0 Å². The lowest BCUT2D eigenvalue weighted by Gasteiger charge is -2.27. The highest BCUT2D eigenvalue weighted by Crippen LogP contribution is 2.47. The van der Waals surface area contributed by atoms with Crippen molar-refractivity contribution < 1.29 is 89.8 Å². The molecule has 0 spiro atoms. The smallest absolute Gasteiger partial charge is 0.209 e. The molecule has 2 aliphatic rings. The van der Waals surface area contributed by atoms with Crippen LogP contribution >= 0.6 is 0 Å². The molecule has 0 saturated carbocycles. The van der Waals surface area contributed by atoms with Crippen LogP contribution in [0.5, 0.6) is 0 Å². The summed E-state index contributed by atoms with van der Waals surface area (Å²) in [5, 5.41) is 0. The molecular formula is C65H103N2O18+. The summed E-state index contributed by atoms with van der Waals surface area (Å²) in [5.74, 6) is 2.41. The molecule has 20 heteroatoms. The number of fused-ring (bicyclic) bond motifs is 2. The highest BCUT2D eigenvalue weighted by atomic mass is 16.6. The van der Waals surface area contributed by atoms with E-state index in [1.807, 2.05) is 0 Å². The molecule has 0 fully saturated rings. The van der Waals surface area contributed by atoms with Crippen LogP contribution in [0.2, 0.25) is 0 Å². The van der Waals surface area contributed by atoms with E-state index in [4.69, 9.17) is 91.7 Å². The van der Waals surface area contributed by atoms with Crippen LogP contribution < -0.4 is 4.90 Å². The number of benzene rings is 2. The van der Waals surface area contributed by atoms with Gasteiger partial charge in [0.25, 0.3) is 0 Å². The van der Waals surface area contributed by atoms with Gasteiger partial charge in [-0.25, -0.2) is 0 Å². The summed E-state index contributed by atoms with van der Waals surface area (Å²) in [6.45, 7) is 28.2. The Bertz CT molecular complexity index is 2150. The van der Waals surface area contributed by atoms with Crippen LogP contribution in [0, 0.1) is 12.3 Å². The summed E-state index contributed by atoms with van der Waals surface area (Å²) in [6.07, 6.45) is 16.0. The monoisotopic (exact) mass is 1200 g/mol. The first-order valence-corrected chi connectivity index (χ1v) is 30.2. The minimum absolute atomic E-state index is 0.182. The highest BCUT2D eigenvalue weighted by molar-refractivity contribution is 6.03. The van der Waals surface area contributed by atoms with Crippen LogP contribution in [-0.4, -0.2) is 262 Å². The van der Waals surface area contributed by atoms with Crippen molar-refractivity contribution in [1.82, 2.24) is 0 Å². The summed E-state index contributed by atoms with van der Waals surface area (Å²) in [4.78, 5) is 2.38. The van der Waals surface area contributed by atoms with Crippen LogP contribution in [0.25, 0.3) is 0 Å². The van der Waals surface area contributed by atoms with Gasteiger partial charge in [0.2, 0.25) is 5.69 Å². The molecule has 20 nitrogen and oxygen atoms in total. The quantitative estimate of drug-likeness (QED) is 0.0307. The van der Waals surface area contributed by atoms with Crippen molar-refractivity contribution >= 4 is 17.1 Å². The molecule has 0 bridgehead atoms. The maximum absolute atomic E-state index is 6.08. The van der Waals surface area contributed by atoms with Gasteiger partial charge in [0.1, 0.15) is 13.2 Å². The van der Waals surface area contributed by atoms with Gasteiger partial charge in [-0.05, 0) is 31.6 Å². The van der Waals surface area contributed by atoms with Crippen molar-refractivity contribution in [1.29, 1.82) is 0 Å². The van der Waals surface area contributed by atoms with Crippen molar-refractivity contribution in [2.75, 3.05) is 256 Å². The van der Waals surface area contributed by atoms with Crippen LogP contribution in [0.15, 0.2) is 84.6 Å². The van der Waals surface area contributed by atoms with E-state index in [0.717, 1.165) is 13.1 Å². The highest BCUT2D eigenvalue weighted by Gasteiger charge is 2.44. The first-order chi connectivity index (χ1) is 41.8. The standard InChI is InChI=1S/C65H103N2O18/c1-7-23-69-28-31-73-36-39-77-44-47-81-52-55-85-57-54-83-49-46-79-41-38-75-33-30-71-25-22-67-61-18-14-12-16-59(61)65(4,5)63(67)20-10-8-9-19-62-64(2,3)58-15-11-13-17-60(58)66(62)21-24-70-29-32-74-37-40-78-45-48-82-53-56-84-51-50-80-43-42-76-35-34-72-27-26-68-6/h1,8-20H,21-57H2,2-6H3/q+1. The largest absolute Gasteiger partial charge is 0.382 e. The molecule has 0 aliphatic carbocycles. The number of allylic oxidation sites excluding steroid dienone is 6. The fourth-order valence-corrected chi connectivity index (χ4v) is 9.11. The Morgan fingerprint density at radius 3 is 1.16 bits per heavy atom. The molecule has 4 rings (SSSR count). The van der Waals surface area contributed by atoms with E-state index in [2.05, 4.69) is 122 Å². The van der Waals surface area contributed by atoms with Crippen LogP contribution in [-0.2, 0) is 96.1 Å². The van der Waals surface area contributed by atoms with Gasteiger partial charge in [-0.1, -0.05) is 74.4 Å². The van der Waals surface area contributed by atoms with E-state index in [1.54, 1.807) is 7.11 Å². The Morgan fingerprint density at radius 2 is 0.753 bits per heavy atom. The van der Waals surface area contributed by atoms with Crippen LogP contribution in [0.1, 0.15) is 38.8 Å². The van der Waals surface area contributed by atoms with Gasteiger partial charge in [-0.15, -0.1) is 6.42 Å². The third-order valence-electron chi connectivity index (χ3n) is 13.4. The zero-order valence-electron chi connectivity index (χ0n) is 52.0. The first-order valence-electron chi connectivity index (χ1n) is 30.2. The summed E-state index contributed by atoms with van der Waals surface area (Å²) < 4.78 is 102. The maximum atomic E-state index is 6.08. The van der Waals surface area contributed by atoms with E-state index in [0.29, 0.717) is 231 Å². The van der Waals surface area contributed by atoms with E-state index < -0.39 is 0 Å². The van der Waals surface area contributed by atoms with Gasteiger partial charge in [0, 0.05) is 48.2 Å². The first kappa shape index (κ1) is 73.4. The SMILES string of the molecule is C#CCOCCOCCOCCOCCOCCOCCOCCOCCOCC[N+]1=C(/C=C/C=C/C=C2/N(CCOCCOCCOCCOCCOCCOCCOCCOCCOC)c3ccccc3C2(C)C)C(C)(C)c2ccccc21. The van der Waals surface area contributed by atoms with Crippen LogP contribution in [0.3, 0.4) is 0 Å². The van der Waals surface area contributed by atoms with Gasteiger partial charge < -0.3 is 90.2 Å². The van der Waals surface area contributed by atoms with E-state index in [-0.39, 0.29) is 10.8 Å². The Kier molecular flexibility index (Phi) is 42.3. The minimum Gasteiger partial charge on any atom is -0.382 e. The number of rotatable bonds is 58. The van der Waals surface area contributed by atoms with Crippen LogP contribution in [0.4, 0.5) is 11.4 Å². The van der Waals surface area contributed by atoms with E-state index >= 15 is 0 Å². The molecule has 2 aromatic carbocycles. The topological polar surface area (TPSA) is 172 Å². The lowest BCUT2D eigenvalue weighted by molar-refractivity contribution is -0.442. The van der Waals surface area contributed by atoms with Crippen molar-refractivity contribution in [2.45, 2.75) is 38.5 Å². The summed E-state index contributed by atoms with van der Waals surface area (Å²) in [6, 6.07) is 17.3. The summed E-state index contributed by atoms with van der Waals surface area (Å²) in [5.41, 5.74) is 7.11. The fourth-order valence-electron chi connectivity index (χ4n) is 9.11. The second-order valence-corrected chi connectivity index (χ2v) is 20.3. The Balaban J connectivity index is 1.03. The average molecular weight is 1200 g/mol. The number of anilines is 1. The molecule has 0 amide bonds. The summed E-state index contributed by atoms with van der Waals surface area (Å²) in [7, 11) is 1.65. The van der Waals surface area contributed by atoms with Crippen molar-refractivity contribution in [3.63, 3.8) is 0 Å². The van der Waals surface area contributed by atoms with Gasteiger partial charge in [-0.2, -0.15) is 4.58 Å². The lowest BCUT2D eigenvalue weighted by Crippen LogP contribution is -2.29. The second-order valence-electron chi connectivity index (χ2n) is 20.3. The fraction of sp³-hybridized carbons (Fsp3) is 0.677. The predicted molar refractivity (Wildman–Crippen MR) is 327 cm³/mol. The molecule has 480 valence electrons. The predicted octanol–water partition coefficient (Wildman–Crippen LogP) is 6.42.